The molecule has 0 unspecified atom stereocenters. The SMILES string of the molecule is CCCCCCc1c(CC)cc(C=C(C)[N+](C)=Nc2cc(C)c(-c3ccccc3)c(-c3ccccc3)c2)cc1-c1ccccc1. The molecule has 0 aliphatic rings. The van der Waals surface area contributed by atoms with Crippen LogP contribution in [-0.4, -0.2) is 11.7 Å². The van der Waals surface area contributed by atoms with Crippen LogP contribution in [0.15, 0.2) is 126 Å². The average molecular weight is 592 g/mol. The molecule has 0 N–H and O–H groups in total. The van der Waals surface area contributed by atoms with Crippen molar-refractivity contribution in [2.45, 2.75) is 66.2 Å². The average Bonchev–Trinajstić information content (AvgIpc) is 3.07. The number of nitrogens with zero attached hydrogens (tertiary/aromatic N) is 2. The van der Waals surface area contributed by atoms with E-state index in [0.717, 1.165) is 24.2 Å². The van der Waals surface area contributed by atoms with Gasteiger partial charge in [0.25, 0.3) is 0 Å². The molecule has 0 aromatic heterocycles. The third-order valence-corrected chi connectivity index (χ3v) is 8.73. The van der Waals surface area contributed by atoms with Gasteiger partial charge in [-0.25, -0.2) is 0 Å². The van der Waals surface area contributed by atoms with E-state index in [1.807, 2.05) is 4.70 Å². The molecule has 0 saturated heterocycles. The highest BCUT2D eigenvalue weighted by atomic mass is 15.2. The molecule has 0 radical (unpaired) electrons. The Bertz CT molecular complexity index is 1760. The predicted octanol–water partition coefficient (Wildman–Crippen LogP) is 12.5. The largest absolute Gasteiger partial charge is 0.205 e. The number of rotatable bonds is 12. The van der Waals surface area contributed by atoms with E-state index in [4.69, 9.17) is 5.11 Å². The van der Waals surface area contributed by atoms with Crippen LogP contribution in [0.3, 0.4) is 0 Å². The Morgan fingerprint density at radius 1 is 0.689 bits per heavy atom. The first-order chi connectivity index (χ1) is 22.0. The molecule has 0 aliphatic heterocycles. The summed E-state index contributed by atoms with van der Waals surface area (Å²) >= 11 is 0. The number of azo groups is 2. The maximum absolute atomic E-state index is 5.10. The van der Waals surface area contributed by atoms with Gasteiger partial charge in [-0.2, -0.15) is 0 Å². The fourth-order valence-electron chi connectivity index (χ4n) is 6.30. The van der Waals surface area contributed by atoms with E-state index < -0.39 is 0 Å². The second-order valence-electron chi connectivity index (χ2n) is 12.1. The Balaban J connectivity index is 1.53. The molecule has 2 nitrogen and oxygen atoms in total. The van der Waals surface area contributed by atoms with Gasteiger partial charge in [0.1, 0.15) is 5.69 Å². The minimum atomic E-state index is 0.947. The molecular formula is C43H47N2+. The highest BCUT2D eigenvalue weighted by molar-refractivity contribution is 5.87. The zero-order chi connectivity index (χ0) is 31.6. The number of benzene rings is 5. The van der Waals surface area contributed by atoms with Gasteiger partial charge in [-0.05, 0) is 105 Å². The highest BCUT2D eigenvalue weighted by Gasteiger charge is 2.16. The lowest BCUT2D eigenvalue weighted by Crippen LogP contribution is -2.01. The van der Waals surface area contributed by atoms with Crippen molar-refractivity contribution < 1.29 is 4.70 Å². The van der Waals surface area contributed by atoms with Crippen LogP contribution in [0.25, 0.3) is 39.5 Å². The lowest BCUT2D eigenvalue weighted by molar-refractivity contribution is -0.510. The van der Waals surface area contributed by atoms with Gasteiger partial charge in [0, 0.05) is 13.0 Å². The normalized spacial score (nSPS) is 12.0. The van der Waals surface area contributed by atoms with Crippen molar-refractivity contribution in [2.75, 3.05) is 7.05 Å². The Morgan fingerprint density at radius 3 is 1.89 bits per heavy atom. The van der Waals surface area contributed by atoms with Gasteiger partial charge in [-0.1, -0.05) is 135 Å². The Morgan fingerprint density at radius 2 is 1.29 bits per heavy atom. The van der Waals surface area contributed by atoms with Crippen LogP contribution in [0.1, 0.15) is 68.7 Å². The second kappa shape index (κ2) is 15.4. The lowest BCUT2D eigenvalue weighted by Gasteiger charge is -2.16. The molecule has 5 rings (SSSR count). The summed E-state index contributed by atoms with van der Waals surface area (Å²) in [5, 5.41) is 5.10. The highest BCUT2D eigenvalue weighted by Crippen LogP contribution is 2.38. The maximum atomic E-state index is 5.10. The number of hydrogen-bond donors (Lipinski definition) is 0. The zero-order valence-electron chi connectivity index (χ0n) is 27.7. The van der Waals surface area contributed by atoms with Gasteiger partial charge in [0.05, 0.1) is 0 Å². The zero-order valence-corrected chi connectivity index (χ0v) is 27.7. The van der Waals surface area contributed by atoms with Crippen LogP contribution in [-0.2, 0) is 12.8 Å². The van der Waals surface area contributed by atoms with Crippen LogP contribution in [0, 0.1) is 6.92 Å². The van der Waals surface area contributed by atoms with Gasteiger partial charge >= 0.3 is 0 Å². The summed E-state index contributed by atoms with van der Waals surface area (Å²) in [7, 11) is 2.05. The third kappa shape index (κ3) is 7.94. The topological polar surface area (TPSA) is 15.4 Å². The molecule has 0 saturated carbocycles. The van der Waals surface area contributed by atoms with E-state index in [2.05, 4.69) is 156 Å². The molecule has 0 bridgehead atoms. The summed E-state index contributed by atoms with van der Waals surface area (Å²) in [5.74, 6) is 0. The van der Waals surface area contributed by atoms with Crippen molar-refractivity contribution in [3.8, 4) is 33.4 Å². The quantitative estimate of drug-likeness (QED) is 0.0779. The van der Waals surface area contributed by atoms with Crippen LogP contribution >= 0.6 is 0 Å². The van der Waals surface area contributed by atoms with E-state index in [1.165, 1.54) is 81.3 Å². The van der Waals surface area contributed by atoms with E-state index in [1.54, 1.807) is 0 Å². The van der Waals surface area contributed by atoms with Crippen molar-refractivity contribution >= 4 is 11.8 Å². The molecule has 0 aliphatic carbocycles. The first kappa shape index (κ1) is 31.9. The molecule has 0 spiro atoms. The molecule has 45 heavy (non-hydrogen) atoms. The minimum Gasteiger partial charge on any atom is -0.0909 e. The maximum Gasteiger partial charge on any atom is 0.205 e. The van der Waals surface area contributed by atoms with Crippen molar-refractivity contribution in [3.63, 3.8) is 0 Å². The molecule has 0 fully saturated rings. The first-order valence-corrected chi connectivity index (χ1v) is 16.6. The van der Waals surface area contributed by atoms with Gasteiger partial charge in [0.2, 0.25) is 5.70 Å². The van der Waals surface area contributed by atoms with Crippen LogP contribution < -0.4 is 0 Å². The summed E-state index contributed by atoms with van der Waals surface area (Å²) in [6.07, 6.45) is 9.53. The van der Waals surface area contributed by atoms with Crippen LogP contribution in [0.4, 0.5) is 5.69 Å². The van der Waals surface area contributed by atoms with Crippen molar-refractivity contribution in [1.82, 2.24) is 0 Å². The van der Waals surface area contributed by atoms with Gasteiger partial charge in [-0.3, -0.25) is 0 Å². The van der Waals surface area contributed by atoms with E-state index in [9.17, 15) is 0 Å². The predicted molar refractivity (Wildman–Crippen MR) is 193 cm³/mol. The van der Waals surface area contributed by atoms with Crippen LogP contribution in [0.2, 0.25) is 0 Å². The molecule has 0 atom stereocenters. The molecule has 0 amide bonds. The van der Waals surface area contributed by atoms with Gasteiger partial charge < -0.3 is 0 Å². The molecule has 5 aromatic carbocycles. The molecule has 0 heterocycles. The number of allylic oxidation sites excluding steroid dienone is 1. The van der Waals surface area contributed by atoms with Crippen molar-refractivity contribution in [3.05, 3.63) is 143 Å². The monoisotopic (exact) mass is 591 g/mol. The minimum absolute atomic E-state index is 0.947. The van der Waals surface area contributed by atoms with Gasteiger partial charge in [-0.15, -0.1) is 0 Å². The molecule has 2 heteroatoms. The van der Waals surface area contributed by atoms with E-state index in [-0.39, 0.29) is 0 Å². The van der Waals surface area contributed by atoms with Gasteiger partial charge in [0.15, 0.2) is 7.05 Å². The Kier molecular flexibility index (Phi) is 10.9. The van der Waals surface area contributed by atoms with E-state index in [0.29, 0.717) is 0 Å². The summed E-state index contributed by atoms with van der Waals surface area (Å²) in [4.78, 5) is 0. The van der Waals surface area contributed by atoms with Crippen molar-refractivity contribution in [2.24, 2.45) is 5.11 Å². The summed E-state index contributed by atoms with van der Waals surface area (Å²) in [5.41, 5.74) is 15.0. The lowest BCUT2D eigenvalue weighted by atomic mass is 9.88. The fourth-order valence-corrected chi connectivity index (χ4v) is 6.30. The van der Waals surface area contributed by atoms with Crippen molar-refractivity contribution in [1.29, 1.82) is 0 Å². The molecule has 228 valence electrons. The Hall–Kier alpha value is -4.56. The summed E-state index contributed by atoms with van der Waals surface area (Å²) in [6.45, 7) is 8.91. The third-order valence-electron chi connectivity index (χ3n) is 8.73. The standard InChI is InChI=1S/C43H47N2/c1-6-8-9-19-26-40-35(7-2)29-34(30-41(40)36-20-13-10-14-21-36)28-33(4)45(5)44-39-27-32(3)43(38-24-17-12-18-25-38)42(31-39)37-22-15-11-16-23-37/h10-18,20-25,27-31H,6-9,19,26H2,1-5H3/q+1. The molecular weight excluding hydrogens is 544 g/mol. The first-order valence-electron chi connectivity index (χ1n) is 16.6. The Labute approximate surface area is 270 Å². The summed E-state index contributed by atoms with van der Waals surface area (Å²) < 4.78 is 2.01. The number of aryl methyl sites for hydroxylation is 2. The molecule has 5 aromatic rings. The van der Waals surface area contributed by atoms with E-state index >= 15 is 0 Å². The summed E-state index contributed by atoms with van der Waals surface area (Å²) in [6, 6.07) is 41.4. The smallest absolute Gasteiger partial charge is 0.0909 e. The fraction of sp³-hybridized carbons (Fsp3) is 0.256. The van der Waals surface area contributed by atoms with Crippen LogP contribution in [0.5, 0.6) is 0 Å². The number of hydrogen-bond acceptors (Lipinski definition) is 1. The number of unbranched alkanes of at least 4 members (excludes halogenated alkanes) is 3. The second-order valence-corrected chi connectivity index (χ2v) is 12.1.